The van der Waals surface area contributed by atoms with Crippen LogP contribution < -0.4 is 10.7 Å². The van der Waals surface area contributed by atoms with Crippen molar-refractivity contribution >= 4 is 17.9 Å². The van der Waals surface area contributed by atoms with E-state index in [2.05, 4.69) is 15.8 Å². The number of carbonyl (C=O) groups excluding carboxylic acids is 1. The van der Waals surface area contributed by atoms with Crippen LogP contribution in [0.15, 0.2) is 29.4 Å². The first-order chi connectivity index (χ1) is 9.11. The van der Waals surface area contributed by atoms with Crippen LogP contribution in [0.2, 0.25) is 0 Å². The van der Waals surface area contributed by atoms with Gasteiger partial charge in [0.15, 0.2) is 6.23 Å². The molecular weight excluding hydrogens is 250 g/mol. The van der Waals surface area contributed by atoms with Crippen molar-refractivity contribution in [1.29, 1.82) is 0 Å². The molecule has 1 amide bonds. The first kappa shape index (κ1) is 12.9. The minimum absolute atomic E-state index is 0.0389. The van der Waals surface area contributed by atoms with Crippen LogP contribution in [-0.2, 0) is 4.74 Å². The van der Waals surface area contributed by atoms with Gasteiger partial charge in [0.25, 0.3) is 5.91 Å². The van der Waals surface area contributed by atoms with Crippen molar-refractivity contribution in [2.45, 2.75) is 19.6 Å². The molecule has 1 aromatic carbocycles. The molecule has 1 aromatic rings. The average Bonchev–Trinajstić information content (AvgIpc) is 2.86. The van der Waals surface area contributed by atoms with Gasteiger partial charge in [-0.05, 0) is 12.1 Å². The van der Waals surface area contributed by atoms with Crippen molar-refractivity contribution in [3.05, 3.63) is 35.4 Å². The summed E-state index contributed by atoms with van der Waals surface area (Å²) >= 11 is 0. The summed E-state index contributed by atoms with van der Waals surface area (Å²) < 4.78 is 5.26. The lowest BCUT2D eigenvalue weighted by atomic mass is 10.1. The number of hydrogen-bond donors (Lipinski definition) is 3. The Kier molecular flexibility index (Phi) is 3.65. The summed E-state index contributed by atoms with van der Waals surface area (Å²) in [7, 11) is 0. The zero-order chi connectivity index (χ0) is 13.8. The van der Waals surface area contributed by atoms with E-state index in [0.717, 1.165) is 0 Å². The first-order valence-electron chi connectivity index (χ1n) is 5.75. The van der Waals surface area contributed by atoms with Gasteiger partial charge < -0.3 is 9.84 Å². The highest BCUT2D eigenvalue weighted by Gasteiger charge is 2.22. The highest BCUT2D eigenvalue weighted by molar-refractivity contribution is 6.09. The van der Waals surface area contributed by atoms with E-state index in [4.69, 9.17) is 9.84 Å². The number of hydrazone groups is 1. The van der Waals surface area contributed by atoms with E-state index >= 15 is 0 Å². The molecule has 0 bridgehead atoms. The molecule has 0 saturated carbocycles. The van der Waals surface area contributed by atoms with Crippen LogP contribution in [0.1, 0.15) is 34.1 Å². The second-order valence-electron chi connectivity index (χ2n) is 3.87. The van der Waals surface area contributed by atoms with Gasteiger partial charge in [-0.15, -0.1) is 5.10 Å². The van der Waals surface area contributed by atoms with Crippen molar-refractivity contribution in [1.82, 2.24) is 10.7 Å². The Morgan fingerprint density at radius 2 is 2.11 bits per heavy atom. The van der Waals surface area contributed by atoms with Gasteiger partial charge >= 0.3 is 12.0 Å². The van der Waals surface area contributed by atoms with E-state index < -0.39 is 11.9 Å². The fraction of sp³-hybridized carbons (Fsp3) is 0.250. The summed E-state index contributed by atoms with van der Waals surface area (Å²) in [4.78, 5) is 23.0. The van der Waals surface area contributed by atoms with E-state index in [1.54, 1.807) is 12.1 Å². The Labute approximate surface area is 109 Å². The maximum atomic E-state index is 12.0. The average molecular weight is 263 g/mol. The highest BCUT2D eigenvalue weighted by Crippen LogP contribution is 2.09. The molecule has 1 aliphatic rings. The third kappa shape index (κ3) is 2.82. The molecule has 0 aliphatic carbocycles. The van der Waals surface area contributed by atoms with Gasteiger partial charge in [-0.2, -0.15) is 0 Å². The molecule has 100 valence electrons. The lowest BCUT2D eigenvalue weighted by molar-refractivity contribution is 0.0691. The van der Waals surface area contributed by atoms with Crippen molar-refractivity contribution in [3.8, 4) is 0 Å². The largest absolute Gasteiger partial charge is 0.478 e. The molecule has 7 heteroatoms. The van der Waals surface area contributed by atoms with Crippen LogP contribution in [-0.4, -0.2) is 29.2 Å². The monoisotopic (exact) mass is 263 g/mol. The van der Waals surface area contributed by atoms with Crippen LogP contribution in [0.25, 0.3) is 0 Å². The molecule has 7 nitrogen and oxygen atoms in total. The van der Waals surface area contributed by atoms with Crippen molar-refractivity contribution in [3.63, 3.8) is 0 Å². The number of aromatic carboxylic acids is 1. The fourth-order valence-corrected chi connectivity index (χ4v) is 1.58. The molecule has 0 spiro atoms. The van der Waals surface area contributed by atoms with Crippen molar-refractivity contribution in [2.75, 3.05) is 0 Å². The number of carboxylic acid groups (broad SMARTS) is 1. The number of benzene rings is 1. The Morgan fingerprint density at radius 3 is 2.68 bits per heavy atom. The Bertz CT molecular complexity index is 542. The predicted octanol–water partition coefficient (Wildman–Crippen LogP) is 0.741. The minimum atomic E-state index is -1.16. The van der Waals surface area contributed by atoms with Gasteiger partial charge in [-0.1, -0.05) is 19.1 Å². The lowest BCUT2D eigenvalue weighted by Crippen LogP contribution is -2.33. The van der Waals surface area contributed by atoms with Crippen LogP contribution in [0.5, 0.6) is 0 Å². The van der Waals surface area contributed by atoms with Crippen molar-refractivity contribution < 1.29 is 19.4 Å². The maximum absolute atomic E-state index is 12.0. The quantitative estimate of drug-likeness (QED) is 0.747. The number of hydrogen-bond acceptors (Lipinski definition) is 5. The van der Waals surface area contributed by atoms with E-state index in [9.17, 15) is 9.59 Å². The summed E-state index contributed by atoms with van der Waals surface area (Å²) in [5.41, 5.74) is 2.67. The smallest absolute Gasteiger partial charge is 0.336 e. The fourth-order valence-electron chi connectivity index (χ4n) is 1.58. The number of carbonyl (C=O) groups is 2. The molecule has 0 saturated heterocycles. The highest BCUT2D eigenvalue weighted by atomic mass is 16.5. The van der Waals surface area contributed by atoms with E-state index in [0.29, 0.717) is 6.42 Å². The third-order valence-corrected chi connectivity index (χ3v) is 2.56. The Morgan fingerprint density at radius 1 is 1.42 bits per heavy atom. The number of nitrogens with zero attached hydrogens (tertiary/aromatic N) is 1. The summed E-state index contributed by atoms with van der Waals surface area (Å²) in [6.45, 7) is 1.90. The Hall–Kier alpha value is -2.57. The van der Waals surface area contributed by atoms with E-state index in [1.165, 1.54) is 12.1 Å². The topological polar surface area (TPSA) is 100 Å². The number of carboxylic acids is 1. The molecule has 0 aromatic heterocycles. The van der Waals surface area contributed by atoms with Gasteiger partial charge in [0.2, 0.25) is 0 Å². The van der Waals surface area contributed by atoms with Gasteiger partial charge in [0.1, 0.15) is 0 Å². The van der Waals surface area contributed by atoms with Crippen LogP contribution >= 0.6 is 0 Å². The molecule has 1 atom stereocenters. The molecule has 0 radical (unpaired) electrons. The minimum Gasteiger partial charge on any atom is -0.478 e. The number of ether oxygens (including phenoxy) is 1. The zero-order valence-corrected chi connectivity index (χ0v) is 10.2. The van der Waals surface area contributed by atoms with Gasteiger partial charge in [0.05, 0.1) is 11.1 Å². The molecular formula is C12H13N3O4. The SMILES string of the molecule is CCC1NN=C(NC(=O)c2ccccc2C(=O)O)O1. The van der Waals surface area contributed by atoms with Gasteiger partial charge in [-0.25, -0.2) is 4.79 Å². The molecule has 3 N–H and O–H groups in total. The summed E-state index contributed by atoms with van der Waals surface area (Å²) in [5.74, 6) is -1.74. The molecule has 2 rings (SSSR count). The standard InChI is InChI=1S/C12H13N3O4/c1-2-9-14-15-12(19-9)13-10(16)7-5-3-4-6-8(7)11(17)18/h3-6,9,14H,2H2,1H3,(H,17,18)(H,13,15,16). The summed E-state index contributed by atoms with van der Waals surface area (Å²) in [6, 6.07) is 5.97. The number of amidine groups is 1. The molecule has 19 heavy (non-hydrogen) atoms. The van der Waals surface area contributed by atoms with Gasteiger partial charge in [-0.3, -0.25) is 15.5 Å². The molecule has 1 aliphatic heterocycles. The van der Waals surface area contributed by atoms with Crippen LogP contribution in [0.3, 0.4) is 0 Å². The second-order valence-corrected chi connectivity index (χ2v) is 3.87. The molecule has 1 heterocycles. The third-order valence-electron chi connectivity index (χ3n) is 2.56. The van der Waals surface area contributed by atoms with E-state index in [-0.39, 0.29) is 23.4 Å². The lowest BCUT2D eigenvalue weighted by Gasteiger charge is -2.09. The van der Waals surface area contributed by atoms with Crippen molar-refractivity contribution in [2.24, 2.45) is 5.10 Å². The number of amides is 1. The number of rotatable bonds is 3. The first-order valence-corrected chi connectivity index (χ1v) is 5.75. The zero-order valence-electron chi connectivity index (χ0n) is 10.2. The molecule has 1 unspecified atom stereocenters. The summed E-state index contributed by atoms with van der Waals surface area (Å²) in [6.07, 6.45) is 0.416. The molecule has 0 fully saturated rings. The van der Waals surface area contributed by atoms with Crippen LogP contribution in [0, 0.1) is 0 Å². The maximum Gasteiger partial charge on any atom is 0.336 e. The van der Waals surface area contributed by atoms with Gasteiger partial charge in [0, 0.05) is 6.42 Å². The number of nitrogens with one attached hydrogen (secondary N) is 2. The van der Waals surface area contributed by atoms with Crippen LogP contribution in [0.4, 0.5) is 0 Å². The second kappa shape index (κ2) is 5.38. The predicted molar refractivity (Wildman–Crippen MR) is 66.6 cm³/mol. The van der Waals surface area contributed by atoms with E-state index in [1.807, 2.05) is 6.92 Å². The normalized spacial score (nSPS) is 17.1. The summed E-state index contributed by atoms with van der Waals surface area (Å²) in [5, 5.41) is 15.2. The Balaban J connectivity index is 2.11.